The van der Waals surface area contributed by atoms with Crippen LogP contribution in [0.2, 0.25) is 5.28 Å². The highest BCUT2D eigenvalue weighted by Crippen LogP contribution is 2.32. The minimum atomic E-state index is -3.45. The predicted molar refractivity (Wildman–Crippen MR) is 76.9 cm³/mol. The minimum absolute atomic E-state index is 0.127. The molecule has 5 nitrogen and oxygen atoms in total. The topological polar surface area (TPSA) is 72.0 Å². The summed E-state index contributed by atoms with van der Waals surface area (Å²) in [6.45, 7) is 3.17. The van der Waals surface area contributed by atoms with E-state index in [1.807, 2.05) is 0 Å². The maximum atomic E-state index is 13.6. The van der Waals surface area contributed by atoms with Gasteiger partial charge >= 0.3 is 0 Å². The molecule has 2 aromatic rings. The highest BCUT2D eigenvalue weighted by atomic mass is 35.5. The third-order valence-corrected chi connectivity index (χ3v) is 6.33. The standard InChI is InChI=1S/C11H11ClFN3O2S2/c1-6(2)20(17,18)10-8(3-4-19-10)15-9-7(13)5-14-11(12)16-9/h3-6H,1-2H3,(H,14,15,16). The number of thiophene rings is 1. The van der Waals surface area contributed by atoms with Gasteiger partial charge in [0.1, 0.15) is 4.21 Å². The van der Waals surface area contributed by atoms with Crippen molar-refractivity contribution >= 4 is 44.3 Å². The number of hydrogen-bond donors (Lipinski definition) is 1. The molecule has 108 valence electrons. The van der Waals surface area contributed by atoms with Crippen molar-refractivity contribution < 1.29 is 12.8 Å². The van der Waals surface area contributed by atoms with E-state index < -0.39 is 20.9 Å². The molecule has 0 aliphatic rings. The SMILES string of the molecule is CC(C)S(=O)(=O)c1sccc1Nc1nc(Cl)ncc1F. The van der Waals surface area contributed by atoms with Gasteiger partial charge in [-0.1, -0.05) is 0 Å². The Morgan fingerprint density at radius 3 is 2.80 bits per heavy atom. The third-order valence-electron chi connectivity index (χ3n) is 2.48. The Balaban J connectivity index is 2.42. The summed E-state index contributed by atoms with van der Waals surface area (Å²) in [6.07, 6.45) is 0.917. The maximum Gasteiger partial charge on any atom is 0.224 e. The first kappa shape index (κ1) is 15.1. The van der Waals surface area contributed by atoms with Crippen LogP contribution in [0.4, 0.5) is 15.9 Å². The molecule has 0 saturated heterocycles. The van der Waals surface area contributed by atoms with Crippen LogP contribution in [-0.2, 0) is 9.84 Å². The van der Waals surface area contributed by atoms with Crippen molar-refractivity contribution in [3.8, 4) is 0 Å². The molecule has 2 heterocycles. The lowest BCUT2D eigenvalue weighted by molar-refractivity contribution is 0.589. The molecule has 0 amide bonds. The zero-order valence-corrected chi connectivity index (χ0v) is 13.0. The molecule has 0 unspecified atom stereocenters. The van der Waals surface area contributed by atoms with Gasteiger partial charge in [0.25, 0.3) is 0 Å². The quantitative estimate of drug-likeness (QED) is 0.868. The van der Waals surface area contributed by atoms with Crippen molar-refractivity contribution in [1.82, 2.24) is 9.97 Å². The van der Waals surface area contributed by atoms with Crippen molar-refractivity contribution in [2.24, 2.45) is 0 Å². The van der Waals surface area contributed by atoms with Crippen LogP contribution in [0, 0.1) is 5.82 Å². The summed E-state index contributed by atoms with van der Waals surface area (Å²) in [7, 11) is -3.45. The molecule has 2 aromatic heterocycles. The number of nitrogens with zero attached hydrogens (tertiary/aromatic N) is 2. The number of rotatable bonds is 4. The number of halogens is 2. The van der Waals surface area contributed by atoms with Crippen molar-refractivity contribution in [2.75, 3.05) is 5.32 Å². The van der Waals surface area contributed by atoms with Crippen molar-refractivity contribution in [2.45, 2.75) is 23.3 Å². The van der Waals surface area contributed by atoms with Gasteiger partial charge in [-0.15, -0.1) is 11.3 Å². The summed E-state index contributed by atoms with van der Waals surface area (Å²) < 4.78 is 38.0. The highest BCUT2D eigenvalue weighted by Gasteiger charge is 2.25. The molecule has 0 bridgehead atoms. The molecule has 0 atom stereocenters. The van der Waals surface area contributed by atoms with Gasteiger partial charge in [-0.25, -0.2) is 17.8 Å². The summed E-state index contributed by atoms with van der Waals surface area (Å²) in [5.74, 6) is -0.878. The fourth-order valence-corrected chi connectivity index (χ4v) is 4.22. The van der Waals surface area contributed by atoms with Crippen LogP contribution in [-0.4, -0.2) is 23.6 Å². The largest absolute Gasteiger partial charge is 0.336 e. The molecule has 0 radical (unpaired) electrons. The van der Waals surface area contributed by atoms with Crippen LogP contribution in [0.1, 0.15) is 13.8 Å². The van der Waals surface area contributed by atoms with Crippen molar-refractivity contribution in [3.63, 3.8) is 0 Å². The first-order valence-corrected chi connectivity index (χ1v) is 8.39. The van der Waals surface area contributed by atoms with Gasteiger partial charge in [0.05, 0.1) is 17.1 Å². The van der Waals surface area contributed by atoms with E-state index in [2.05, 4.69) is 15.3 Å². The van der Waals surface area contributed by atoms with Crippen LogP contribution in [0.15, 0.2) is 21.9 Å². The average molecular weight is 336 g/mol. The van der Waals surface area contributed by atoms with E-state index in [4.69, 9.17) is 11.6 Å². The summed E-state index contributed by atoms with van der Waals surface area (Å²) in [6, 6.07) is 1.55. The van der Waals surface area contributed by atoms with Crippen LogP contribution < -0.4 is 5.32 Å². The predicted octanol–water partition coefficient (Wildman–Crippen LogP) is 3.26. The number of nitrogens with one attached hydrogen (secondary N) is 1. The first-order chi connectivity index (χ1) is 9.32. The number of hydrogen-bond acceptors (Lipinski definition) is 6. The van der Waals surface area contributed by atoms with E-state index in [-0.39, 0.29) is 21.0 Å². The molecule has 0 aliphatic carbocycles. The Morgan fingerprint density at radius 2 is 2.15 bits per heavy atom. The van der Waals surface area contributed by atoms with Crippen LogP contribution in [0.5, 0.6) is 0 Å². The van der Waals surface area contributed by atoms with Gasteiger partial charge in [0.2, 0.25) is 5.28 Å². The zero-order chi connectivity index (χ0) is 14.9. The molecule has 0 saturated carbocycles. The minimum Gasteiger partial charge on any atom is -0.336 e. The van der Waals surface area contributed by atoms with Crippen molar-refractivity contribution in [1.29, 1.82) is 0 Å². The molecule has 9 heteroatoms. The van der Waals surface area contributed by atoms with Crippen molar-refractivity contribution in [3.05, 3.63) is 28.7 Å². The van der Waals surface area contributed by atoms with Crippen LogP contribution in [0.3, 0.4) is 0 Å². The molecule has 20 heavy (non-hydrogen) atoms. The van der Waals surface area contributed by atoms with Gasteiger partial charge in [0.15, 0.2) is 21.5 Å². The molecule has 0 spiro atoms. The molecular formula is C11H11ClFN3O2S2. The number of anilines is 2. The average Bonchev–Trinajstić information content (AvgIpc) is 2.82. The fourth-order valence-electron chi connectivity index (χ4n) is 1.38. The van der Waals surface area contributed by atoms with Gasteiger partial charge < -0.3 is 5.32 Å². The molecular weight excluding hydrogens is 325 g/mol. The zero-order valence-electron chi connectivity index (χ0n) is 10.6. The molecule has 0 fully saturated rings. The third kappa shape index (κ3) is 2.92. The lowest BCUT2D eigenvalue weighted by Crippen LogP contribution is -2.14. The summed E-state index contributed by atoms with van der Waals surface area (Å²) >= 11 is 6.66. The van der Waals surface area contributed by atoms with Gasteiger partial charge in [-0.2, -0.15) is 4.98 Å². The Morgan fingerprint density at radius 1 is 1.45 bits per heavy atom. The number of aromatic nitrogens is 2. The van der Waals surface area contributed by atoms with E-state index >= 15 is 0 Å². The molecule has 0 aromatic carbocycles. The fraction of sp³-hybridized carbons (Fsp3) is 0.273. The van der Waals surface area contributed by atoms with Gasteiger partial charge in [-0.05, 0) is 36.9 Å². The lowest BCUT2D eigenvalue weighted by atomic mass is 10.5. The van der Waals surface area contributed by atoms with E-state index in [9.17, 15) is 12.8 Å². The smallest absolute Gasteiger partial charge is 0.224 e. The monoisotopic (exact) mass is 335 g/mol. The summed E-state index contributed by atoms with van der Waals surface area (Å²) in [5.41, 5.74) is 0.275. The summed E-state index contributed by atoms with van der Waals surface area (Å²) in [5, 5.41) is 3.56. The Kier molecular flexibility index (Phi) is 4.26. The highest BCUT2D eigenvalue weighted by molar-refractivity contribution is 7.94. The van der Waals surface area contributed by atoms with E-state index in [1.165, 1.54) is 0 Å². The molecule has 0 aliphatic heterocycles. The Hall–Kier alpha value is -1.25. The molecule has 2 rings (SSSR count). The van der Waals surface area contributed by atoms with Crippen LogP contribution >= 0.6 is 22.9 Å². The second-order valence-corrected chi connectivity index (χ2v) is 8.13. The van der Waals surface area contributed by atoms with E-state index in [0.717, 1.165) is 17.5 Å². The second-order valence-electron chi connectivity index (χ2n) is 4.18. The van der Waals surface area contributed by atoms with E-state index in [1.54, 1.807) is 25.3 Å². The first-order valence-electron chi connectivity index (χ1n) is 5.59. The van der Waals surface area contributed by atoms with Gasteiger partial charge in [-0.3, -0.25) is 0 Å². The lowest BCUT2D eigenvalue weighted by Gasteiger charge is -2.10. The van der Waals surface area contributed by atoms with E-state index in [0.29, 0.717) is 0 Å². The number of sulfone groups is 1. The van der Waals surface area contributed by atoms with Gasteiger partial charge in [0, 0.05) is 0 Å². The molecule has 1 N–H and O–H groups in total. The normalized spacial score (nSPS) is 11.8. The maximum absolute atomic E-state index is 13.6. The Bertz CT molecular complexity index is 731. The summed E-state index contributed by atoms with van der Waals surface area (Å²) in [4.78, 5) is 7.19. The van der Waals surface area contributed by atoms with Crippen LogP contribution in [0.25, 0.3) is 0 Å². The Labute approximate surface area is 124 Å². The second kappa shape index (κ2) is 5.63.